The quantitative estimate of drug-likeness (QED) is 0.406. The molecule has 1 fully saturated rings. The lowest BCUT2D eigenvalue weighted by Gasteiger charge is -2.31. The van der Waals surface area contributed by atoms with Gasteiger partial charge < -0.3 is 9.80 Å². The fourth-order valence-corrected chi connectivity index (χ4v) is 7.16. The van der Waals surface area contributed by atoms with Crippen LogP contribution in [0.4, 0.5) is 34.5 Å². The first kappa shape index (κ1) is 27.2. The highest BCUT2D eigenvalue weighted by Crippen LogP contribution is 2.41. The number of urea groups is 1. The Morgan fingerprint density at radius 3 is 2.71 bits per heavy atom. The number of fused-ring (bicyclic) bond motifs is 2. The molecule has 1 aromatic heterocycles. The summed E-state index contributed by atoms with van der Waals surface area (Å²) >= 11 is 1.10. The minimum Gasteiger partial charge on any atom is -0.317 e. The number of rotatable bonds is 3. The molecule has 3 amide bonds. The predicted molar refractivity (Wildman–Crippen MR) is 148 cm³/mol. The molecule has 0 bridgehead atoms. The lowest BCUT2D eigenvalue weighted by molar-refractivity contribution is -0.169. The summed E-state index contributed by atoms with van der Waals surface area (Å²) in [6.45, 7) is 2.25. The first-order chi connectivity index (χ1) is 19.7. The molecule has 1 atom stereocenters. The van der Waals surface area contributed by atoms with E-state index in [1.165, 1.54) is 6.07 Å². The number of carbonyl (C=O) groups is 2. The van der Waals surface area contributed by atoms with Crippen molar-refractivity contribution in [1.29, 1.82) is 5.26 Å². The Morgan fingerprint density at radius 2 is 1.93 bits per heavy atom. The summed E-state index contributed by atoms with van der Waals surface area (Å²) in [5.41, 5.74) is 3.55. The topological polar surface area (TPSA) is 83.8 Å². The highest BCUT2D eigenvalue weighted by molar-refractivity contribution is 7.16. The third-order valence-corrected chi connectivity index (χ3v) is 9.01. The van der Waals surface area contributed by atoms with Gasteiger partial charge in [0.15, 0.2) is 5.13 Å². The maximum Gasteiger partial charge on any atom is 0.472 e. The van der Waals surface area contributed by atoms with Gasteiger partial charge in [-0.2, -0.15) is 18.4 Å². The largest absolute Gasteiger partial charge is 0.472 e. The Labute approximate surface area is 239 Å². The molecule has 4 heterocycles. The Kier molecular flexibility index (Phi) is 6.95. The lowest BCUT2D eigenvalue weighted by Crippen LogP contribution is -2.42. The fourth-order valence-electron chi connectivity index (χ4n) is 5.95. The number of hydrogen-bond donors (Lipinski definition) is 0. The smallest absolute Gasteiger partial charge is 0.317 e. The van der Waals surface area contributed by atoms with Crippen molar-refractivity contribution in [3.8, 4) is 6.07 Å². The number of nitriles is 1. The molecule has 212 valence electrons. The molecule has 2 aromatic carbocycles. The molecule has 3 aromatic rings. The van der Waals surface area contributed by atoms with E-state index in [-0.39, 0.29) is 22.9 Å². The average molecular weight is 581 g/mol. The molecule has 0 spiro atoms. The summed E-state index contributed by atoms with van der Waals surface area (Å²) in [6, 6.07) is 13.4. The minimum atomic E-state index is -5.10. The highest BCUT2D eigenvalue weighted by atomic mass is 32.1. The highest BCUT2D eigenvalue weighted by Gasteiger charge is 2.45. The molecule has 8 nitrogen and oxygen atoms in total. The van der Waals surface area contributed by atoms with Crippen LogP contribution in [0.2, 0.25) is 0 Å². The molecule has 0 aliphatic carbocycles. The second-order valence-electron chi connectivity index (χ2n) is 10.5. The molecular weight excluding hydrogens is 553 g/mol. The van der Waals surface area contributed by atoms with Gasteiger partial charge in [0.25, 0.3) is 0 Å². The van der Waals surface area contributed by atoms with Gasteiger partial charge in [-0.15, -0.1) is 0 Å². The number of amides is 3. The van der Waals surface area contributed by atoms with Gasteiger partial charge in [0, 0.05) is 43.2 Å². The number of alkyl halides is 3. The number of nitrogens with zero attached hydrogens (tertiary/aromatic N) is 6. The number of carbonyl (C=O) groups excluding carboxylic acids is 2. The Hall–Kier alpha value is -3.95. The van der Waals surface area contributed by atoms with Gasteiger partial charge in [-0.3, -0.25) is 9.69 Å². The van der Waals surface area contributed by atoms with Gasteiger partial charge in [0.1, 0.15) is 0 Å². The van der Waals surface area contributed by atoms with Crippen LogP contribution in [0.1, 0.15) is 46.1 Å². The summed E-state index contributed by atoms with van der Waals surface area (Å²) < 4.78 is 41.5. The number of anilines is 3. The van der Waals surface area contributed by atoms with Gasteiger partial charge in [0.05, 0.1) is 29.1 Å². The molecule has 0 N–H and O–H groups in total. The van der Waals surface area contributed by atoms with Crippen molar-refractivity contribution in [3.63, 3.8) is 0 Å². The maximum absolute atomic E-state index is 13.8. The fraction of sp³-hybridized carbons (Fsp3) is 0.379. The van der Waals surface area contributed by atoms with Crippen LogP contribution in [-0.2, 0) is 24.2 Å². The van der Waals surface area contributed by atoms with E-state index in [4.69, 9.17) is 0 Å². The molecule has 0 saturated carbocycles. The van der Waals surface area contributed by atoms with E-state index in [9.17, 15) is 28.0 Å². The zero-order chi connectivity index (χ0) is 28.9. The van der Waals surface area contributed by atoms with Crippen LogP contribution < -0.4 is 9.80 Å². The third kappa shape index (κ3) is 4.93. The maximum atomic E-state index is 13.8. The van der Waals surface area contributed by atoms with E-state index in [2.05, 4.69) is 16.0 Å². The van der Waals surface area contributed by atoms with Crippen molar-refractivity contribution >= 4 is 39.8 Å². The van der Waals surface area contributed by atoms with E-state index in [0.29, 0.717) is 60.6 Å². The second-order valence-corrected chi connectivity index (χ2v) is 11.6. The summed E-state index contributed by atoms with van der Waals surface area (Å²) in [4.78, 5) is 38.0. The van der Waals surface area contributed by atoms with Crippen molar-refractivity contribution in [3.05, 3.63) is 69.7 Å². The summed E-state index contributed by atoms with van der Waals surface area (Å²) in [6.07, 6.45) is -2.54. The van der Waals surface area contributed by atoms with E-state index < -0.39 is 12.1 Å². The van der Waals surface area contributed by atoms with Gasteiger partial charge >= 0.3 is 18.1 Å². The first-order valence-electron chi connectivity index (χ1n) is 13.4. The summed E-state index contributed by atoms with van der Waals surface area (Å²) in [5.74, 6) is -2.00. The van der Waals surface area contributed by atoms with Gasteiger partial charge in [-0.05, 0) is 61.7 Å². The van der Waals surface area contributed by atoms with Crippen molar-refractivity contribution in [2.24, 2.45) is 0 Å². The van der Waals surface area contributed by atoms with Crippen LogP contribution in [0.15, 0.2) is 42.5 Å². The lowest BCUT2D eigenvalue weighted by atomic mass is 10.0. The van der Waals surface area contributed by atoms with Crippen molar-refractivity contribution in [2.45, 2.75) is 44.4 Å². The summed E-state index contributed by atoms with van der Waals surface area (Å²) in [7, 11) is 1.93. The monoisotopic (exact) mass is 580 g/mol. The van der Waals surface area contributed by atoms with Crippen molar-refractivity contribution < 1.29 is 22.8 Å². The number of thiazole rings is 1. The molecule has 6 rings (SSSR count). The number of likely N-dealkylation sites (N-methyl/N-ethyl adjacent to an activating group) is 1. The minimum absolute atomic E-state index is 0.00824. The van der Waals surface area contributed by atoms with E-state index in [0.717, 1.165) is 40.4 Å². The molecule has 0 radical (unpaired) electrons. The Bertz CT molecular complexity index is 1560. The van der Waals surface area contributed by atoms with Gasteiger partial charge in [-0.25, -0.2) is 14.7 Å². The number of hydrogen-bond acceptors (Lipinski definition) is 6. The van der Waals surface area contributed by atoms with Crippen molar-refractivity contribution in [2.75, 3.05) is 36.5 Å². The first-order valence-corrected chi connectivity index (χ1v) is 14.3. The molecule has 12 heteroatoms. The van der Waals surface area contributed by atoms with Gasteiger partial charge in [-0.1, -0.05) is 29.5 Å². The zero-order valence-electron chi connectivity index (χ0n) is 22.3. The number of likely N-dealkylation sites (tertiary alicyclic amines) is 1. The van der Waals surface area contributed by atoms with Crippen LogP contribution >= 0.6 is 11.3 Å². The van der Waals surface area contributed by atoms with E-state index >= 15 is 0 Å². The van der Waals surface area contributed by atoms with Crippen LogP contribution in [0.25, 0.3) is 0 Å². The number of aromatic nitrogens is 1. The molecular formula is C29H27F3N6O2S. The Balaban J connectivity index is 1.32. The molecule has 0 unspecified atom stereocenters. The second kappa shape index (κ2) is 10.5. The van der Waals surface area contributed by atoms with E-state index in [1.807, 2.05) is 13.1 Å². The van der Waals surface area contributed by atoms with E-state index in [1.54, 1.807) is 40.1 Å². The summed E-state index contributed by atoms with van der Waals surface area (Å²) in [5, 5.41) is 9.45. The van der Waals surface area contributed by atoms with Crippen LogP contribution in [0, 0.1) is 11.3 Å². The SMILES string of the molecule is CN1CCc2nc(N(C(=O)C(F)(F)F)c3cccc([C@H]4CCCN4C(=O)N4CCc5c(C#N)cccc54)c3)sc2C1. The molecule has 3 aliphatic heterocycles. The van der Waals surface area contributed by atoms with Crippen molar-refractivity contribution in [1.82, 2.24) is 14.8 Å². The van der Waals surface area contributed by atoms with Gasteiger partial charge in [0.2, 0.25) is 0 Å². The zero-order valence-corrected chi connectivity index (χ0v) is 23.1. The average Bonchev–Trinajstić information content (AvgIpc) is 3.70. The molecule has 41 heavy (non-hydrogen) atoms. The van der Waals surface area contributed by atoms with Crippen LogP contribution in [0.3, 0.4) is 0 Å². The van der Waals surface area contributed by atoms with Crippen LogP contribution in [0.5, 0.6) is 0 Å². The number of halogens is 3. The standard InChI is InChI=1S/C29H27F3N6O2S/c1-35-13-11-22-25(17-35)41-27(34-22)38(26(39)29(30,31)32)20-7-2-5-18(15-20)23-9-4-12-36(23)28(40)37-14-10-21-19(16-33)6-3-8-24(21)37/h2-3,5-8,15,23H,4,9-14,17H2,1H3/t23-/m1/s1. The normalized spacial score (nSPS) is 18.7. The number of benzene rings is 2. The van der Waals surface area contributed by atoms with Crippen LogP contribution in [-0.4, -0.2) is 59.6 Å². The predicted octanol–water partition coefficient (Wildman–Crippen LogP) is 5.55. The molecule has 3 aliphatic rings. The molecule has 1 saturated heterocycles. The Morgan fingerprint density at radius 1 is 1.12 bits per heavy atom. The third-order valence-electron chi connectivity index (χ3n) is 7.94.